The molecule has 2 rings (SSSR count). The summed E-state index contributed by atoms with van der Waals surface area (Å²) in [5.74, 6) is 0.670. The molecule has 0 aromatic heterocycles. The average molecular weight is 249 g/mol. The Kier molecular flexibility index (Phi) is 5.65. The molecule has 3 heteroatoms. The van der Waals surface area contributed by atoms with Gasteiger partial charge in [-0.3, -0.25) is 4.90 Å². The second-order valence-corrected chi connectivity index (χ2v) is 5.00. The van der Waals surface area contributed by atoms with E-state index in [1.54, 1.807) is 0 Å². The van der Waals surface area contributed by atoms with Crippen molar-refractivity contribution in [3.05, 3.63) is 35.9 Å². The molecule has 1 aliphatic heterocycles. The van der Waals surface area contributed by atoms with Crippen molar-refractivity contribution >= 4 is 0 Å². The molecule has 1 fully saturated rings. The highest BCUT2D eigenvalue weighted by Gasteiger charge is 2.19. The van der Waals surface area contributed by atoms with Gasteiger partial charge in [0.2, 0.25) is 0 Å². The molecule has 1 aromatic carbocycles. The Morgan fingerprint density at radius 3 is 2.56 bits per heavy atom. The fraction of sp³-hybridized carbons (Fsp3) is 0.600. The fourth-order valence-corrected chi connectivity index (χ4v) is 2.47. The molecule has 1 saturated heterocycles. The lowest BCUT2D eigenvalue weighted by atomic mass is 9.97. The number of aliphatic hydroxyl groups is 1. The molecule has 0 unspecified atom stereocenters. The minimum Gasteiger partial charge on any atom is -0.394 e. The van der Waals surface area contributed by atoms with Crippen LogP contribution in [-0.2, 0) is 11.3 Å². The summed E-state index contributed by atoms with van der Waals surface area (Å²) in [6.07, 6.45) is 2.41. The van der Waals surface area contributed by atoms with Gasteiger partial charge in [0.25, 0.3) is 0 Å². The molecule has 0 atom stereocenters. The Labute approximate surface area is 109 Å². The van der Waals surface area contributed by atoms with Crippen molar-refractivity contribution in [2.75, 3.05) is 32.9 Å². The van der Waals surface area contributed by atoms with E-state index in [2.05, 4.69) is 35.2 Å². The highest BCUT2D eigenvalue weighted by atomic mass is 16.5. The van der Waals surface area contributed by atoms with Crippen LogP contribution in [0, 0.1) is 5.92 Å². The molecule has 1 aliphatic rings. The lowest BCUT2D eigenvalue weighted by Crippen LogP contribution is -2.34. The fourth-order valence-electron chi connectivity index (χ4n) is 2.47. The number of ether oxygens (including phenoxy) is 1. The van der Waals surface area contributed by atoms with Crippen molar-refractivity contribution in [2.45, 2.75) is 19.4 Å². The third kappa shape index (κ3) is 4.41. The summed E-state index contributed by atoms with van der Waals surface area (Å²) >= 11 is 0. The molecule has 0 saturated carbocycles. The molecule has 3 nitrogen and oxygen atoms in total. The summed E-state index contributed by atoms with van der Waals surface area (Å²) in [6.45, 7) is 4.78. The number of rotatable bonds is 6. The molecule has 0 aliphatic carbocycles. The third-order valence-corrected chi connectivity index (χ3v) is 3.55. The van der Waals surface area contributed by atoms with Gasteiger partial charge in [0.05, 0.1) is 13.2 Å². The molecule has 1 heterocycles. The van der Waals surface area contributed by atoms with E-state index in [9.17, 15) is 0 Å². The van der Waals surface area contributed by atoms with Crippen molar-refractivity contribution in [1.29, 1.82) is 0 Å². The molecule has 1 aromatic rings. The summed E-state index contributed by atoms with van der Waals surface area (Å²) in [7, 11) is 0. The largest absolute Gasteiger partial charge is 0.394 e. The van der Waals surface area contributed by atoms with Crippen LogP contribution in [0.1, 0.15) is 18.4 Å². The molecule has 100 valence electrons. The van der Waals surface area contributed by atoms with Crippen molar-refractivity contribution in [3.63, 3.8) is 0 Å². The average Bonchev–Trinajstić information content (AvgIpc) is 2.42. The first-order valence-electron chi connectivity index (χ1n) is 6.83. The van der Waals surface area contributed by atoms with E-state index in [0.717, 1.165) is 26.2 Å². The second-order valence-electron chi connectivity index (χ2n) is 5.00. The first kappa shape index (κ1) is 13.5. The van der Waals surface area contributed by atoms with E-state index in [0.29, 0.717) is 12.5 Å². The van der Waals surface area contributed by atoms with Crippen LogP contribution in [0.15, 0.2) is 30.3 Å². The molecule has 0 bridgehead atoms. The van der Waals surface area contributed by atoms with Crippen LogP contribution in [0.2, 0.25) is 0 Å². The molecule has 0 amide bonds. The van der Waals surface area contributed by atoms with E-state index >= 15 is 0 Å². The van der Waals surface area contributed by atoms with E-state index < -0.39 is 0 Å². The maximum absolute atomic E-state index is 8.67. The van der Waals surface area contributed by atoms with Gasteiger partial charge in [-0.05, 0) is 37.4 Å². The molecule has 18 heavy (non-hydrogen) atoms. The van der Waals surface area contributed by atoms with Crippen LogP contribution >= 0.6 is 0 Å². The van der Waals surface area contributed by atoms with Gasteiger partial charge in [-0.2, -0.15) is 0 Å². The maximum atomic E-state index is 8.67. The van der Waals surface area contributed by atoms with Crippen LogP contribution < -0.4 is 0 Å². The number of hydrogen-bond donors (Lipinski definition) is 1. The van der Waals surface area contributed by atoms with Crippen LogP contribution in [0.25, 0.3) is 0 Å². The molecular formula is C15H23NO2. The van der Waals surface area contributed by atoms with Crippen molar-refractivity contribution in [3.8, 4) is 0 Å². The summed E-state index contributed by atoms with van der Waals surface area (Å²) < 4.78 is 5.41. The van der Waals surface area contributed by atoms with Gasteiger partial charge in [0.1, 0.15) is 0 Å². The van der Waals surface area contributed by atoms with Gasteiger partial charge in [-0.1, -0.05) is 30.3 Å². The number of aliphatic hydroxyl groups excluding tert-OH is 1. The number of piperidine rings is 1. The zero-order valence-corrected chi connectivity index (χ0v) is 10.9. The molecular weight excluding hydrogens is 226 g/mol. The zero-order valence-electron chi connectivity index (χ0n) is 10.9. The van der Waals surface area contributed by atoms with Gasteiger partial charge in [-0.25, -0.2) is 0 Å². The van der Waals surface area contributed by atoms with Gasteiger partial charge in [0, 0.05) is 13.2 Å². The van der Waals surface area contributed by atoms with Gasteiger partial charge >= 0.3 is 0 Å². The van der Waals surface area contributed by atoms with Crippen LogP contribution in [0.4, 0.5) is 0 Å². The Bertz CT molecular complexity index is 321. The topological polar surface area (TPSA) is 32.7 Å². The van der Waals surface area contributed by atoms with E-state index in [1.807, 2.05) is 0 Å². The first-order valence-corrected chi connectivity index (χ1v) is 6.83. The predicted molar refractivity (Wildman–Crippen MR) is 72.3 cm³/mol. The van der Waals surface area contributed by atoms with Crippen LogP contribution in [0.5, 0.6) is 0 Å². The monoisotopic (exact) mass is 249 g/mol. The summed E-state index contributed by atoms with van der Waals surface area (Å²) in [6, 6.07) is 10.6. The number of benzene rings is 1. The van der Waals surface area contributed by atoms with Crippen LogP contribution in [-0.4, -0.2) is 42.9 Å². The lowest BCUT2D eigenvalue weighted by molar-refractivity contribution is 0.0451. The minimum atomic E-state index is 0.132. The minimum absolute atomic E-state index is 0.132. The Balaban J connectivity index is 1.67. The second kappa shape index (κ2) is 7.52. The maximum Gasteiger partial charge on any atom is 0.0697 e. The standard InChI is InChI=1S/C15H23NO2/c17-10-11-18-13-15-6-8-16(9-7-15)12-14-4-2-1-3-5-14/h1-5,15,17H,6-13H2. The SMILES string of the molecule is OCCOCC1CCN(Cc2ccccc2)CC1. The highest BCUT2D eigenvalue weighted by Crippen LogP contribution is 2.19. The normalized spacial score (nSPS) is 18.1. The van der Waals surface area contributed by atoms with E-state index in [1.165, 1.54) is 18.4 Å². The number of nitrogens with zero attached hydrogens (tertiary/aromatic N) is 1. The van der Waals surface area contributed by atoms with Gasteiger partial charge in [-0.15, -0.1) is 0 Å². The molecule has 0 radical (unpaired) electrons. The van der Waals surface area contributed by atoms with Crippen molar-refractivity contribution < 1.29 is 9.84 Å². The van der Waals surface area contributed by atoms with Gasteiger partial charge in [0.15, 0.2) is 0 Å². The zero-order chi connectivity index (χ0) is 12.6. The summed E-state index contributed by atoms with van der Waals surface area (Å²) in [5.41, 5.74) is 1.40. The number of likely N-dealkylation sites (tertiary alicyclic amines) is 1. The number of hydrogen-bond acceptors (Lipinski definition) is 3. The lowest BCUT2D eigenvalue weighted by Gasteiger charge is -2.31. The molecule has 0 spiro atoms. The smallest absolute Gasteiger partial charge is 0.0697 e. The first-order chi connectivity index (χ1) is 8.88. The van der Waals surface area contributed by atoms with E-state index in [4.69, 9.17) is 9.84 Å². The summed E-state index contributed by atoms with van der Waals surface area (Å²) in [4.78, 5) is 2.51. The predicted octanol–water partition coefficient (Wildman–Crippen LogP) is 1.91. The Morgan fingerprint density at radius 2 is 1.89 bits per heavy atom. The quantitative estimate of drug-likeness (QED) is 0.782. The third-order valence-electron chi connectivity index (χ3n) is 3.55. The van der Waals surface area contributed by atoms with E-state index in [-0.39, 0.29) is 6.61 Å². The Hall–Kier alpha value is -0.900. The van der Waals surface area contributed by atoms with Crippen molar-refractivity contribution in [1.82, 2.24) is 4.90 Å². The highest BCUT2D eigenvalue weighted by molar-refractivity contribution is 5.14. The van der Waals surface area contributed by atoms with Gasteiger partial charge < -0.3 is 9.84 Å². The van der Waals surface area contributed by atoms with Crippen LogP contribution in [0.3, 0.4) is 0 Å². The van der Waals surface area contributed by atoms with Crippen molar-refractivity contribution in [2.24, 2.45) is 5.92 Å². The molecule has 1 N–H and O–H groups in total. The Morgan fingerprint density at radius 1 is 1.17 bits per heavy atom. The summed E-state index contributed by atoms with van der Waals surface area (Å²) in [5, 5.41) is 8.67.